The number of pyridine rings is 1. The number of quaternary nitrogens is 1. The van der Waals surface area contributed by atoms with Gasteiger partial charge in [-0.05, 0) is 36.8 Å². The Bertz CT molecular complexity index is 1590. The van der Waals surface area contributed by atoms with Crippen molar-refractivity contribution < 1.29 is 4.90 Å². The molecule has 0 amide bonds. The average Bonchev–Trinajstić information content (AvgIpc) is 3.30. The predicted molar refractivity (Wildman–Crippen MR) is 145 cm³/mol. The number of anilines is 1. The number of nitrogens with zero attached hydrogens (tertiary/aromatic N) is 4. The molecule has 0 saturated carbocycles. The van der Waals surface area contributed by atoms with E-state index in [1.165, 1.54) is 16.0 Å². The standard InChI is InChI=1S/C30H26ClN5/c1-21-19-28(36-27-14-8-7-13-26(27)33-30(36)24(21)20-32)34-15-17-35(18-16-34)29(22-9-3-2-4-10-22)23-11-5-6-12-25(23)31/h2-14,19,29H,15-18H2,1H3/p+1/t29-/m1/s1. The van der Waals surface area contributed by atoms with Crippen molar-refractivity contribution in [2.45, 2.75) is 13.0 Å². The van der Waals surface area contributed by atoms with Crippen LogP contribution < -0.4 is 9.80 Å². The van der Waals surface area contributed by atoms with Gasteiger partial charge >= 0.3 is 0 Å². The number of aromatic nitrogens is 2. The third-order valence-corrected chi connectivity index (χ3v) is 7.70. The lowest BCUT2D eigenvalue weighted by atomic mass is 9.96. The fourth-order valence-corrected chi connectivity index (χ4v) is 5.85. The summed E-state index contributed by atoms with van der Waals surface area (Å²) >= 11 is 6.71. The molecule has 36 heavy (non-hydrogen) atoms. The van der Waals surface area contributed by atoms with Gasteiger partial charge in [-0.15, -0.1) is 0 Å². The van der Waals surface area contributed by atoms with E-state index in [0.29, 0.717) is 5.56 Å². The molecule has 6 heteroatoms. The summed E-state index contributed by atoms with van der Waals surface area (Å²) in [5, 5.41) is 10.7. The Morgan fingerprint density at radius 2 is 1.64 bits per heavy atom. The second-order valence-corrected chi connectivity index (χ2v) is 9.85. The van der Waals surface area contributed by atoms with Gasteiger partial charge in [0.1, 0.15) is 17.9 Å². The first kappa shape index (κ1) is 22.6. The largest absolute Gasteiger partial charge is 0.346 e. The zero-order valence-corrected chi connectivity index (χ0v) is 20.9. The Hall–Kier alpha value is -3.85. The second kappa shape index (κ2) is 9.31. The quantitative estimate of drug-likeness (QED) is 0.391. The minimum Gasteiger partial charge on any atom is -0.346 e. The fourth-order valence-electron chi connectivity index (χ4n) is 5.60. The van der Waals surface area contributed by atoms with Crippen LogP contribution >= 0.6 is 11.6 Å². The SMILES string of the molecule is Cc1cc(N2CC[NH+]([C@H](c3ccccc3)c3ccccc3Cl)CC2)n2c(nc3ccccc32)c1C#N. The highest BCUT2D eigenvalue weighted by molar-refractivity contribution is 6.31. The molecule has 3 heterocycles. The minimum atomic E-state index is 0.179. The third kappa shape index (κ3) is 3.80. The molecule has 1 N–H and O–H groups in total. The predicted octanol–water partition coefficient (Wildman–Crippen LogP) is 4.82. The van der Waals surface area contributed by atoms with Gasteiger partial charge in [-0.25, -0.2) is 4.98 Å². The van der Waals surface area contributed by atoms with Crippen LogP contribution in [0.25, 0.3) is 16.7 Å². The molecule has 0 unspecified atom stereocenters. The van der Waals surface area contributed by atoms with E-state index in [0.717, 1.165) is 59.3 Å². The number of halogens is 1. The molecule has 5 nitrogen and oxygen atoms in total. The maximum absolute atomic E-state index is 9.85. The molecule has 3 aromatic carbocycles. The van der Waals surface area contributed by atoms with Gasteiger partial charge in [-0.1, -0.05) is 72.3 Å². The molecule has 0 bridgehead atoms. The van der Waals surface area contributed by atoms with E-state index in [4.69, 9.17) is 16.6 Å². The van der Waals surface area contributed by atoms with Gasteiger partial charge in [0, 0.05) is 11.1 Å². The second-order valence-electron chi connectivity index (χ2n) is 9.44. The Balaban J connectivity index is 1.37. The van der Waals surface area contributed by atoms with Gasteiger partial charge < -0.3 is 9.80 Å². The maximum atomic E-state index is 9.85. The Labute approximate surface area is 215 Å². The van der Waals surface area contributed by atoms with E-state index in [9.17, 15) is 5.26 Å². The van der Waals surface area contributed by atoms with Crippen LogP contribution in [-0.2, 0) is 0 Å². The first-order valence-electron chi connectivity index (χ1n) is 12.4. The zero-order chi connectivity index (χ0) is 24.6. The first-order valence-corrected chi connectivity index (χ1v) is 12.7. The summed E-state index contributed by atoms with van der Waals surface area (Å²) in [4.78, 5) is 8.77. The number of rotatable bonds is 4. The van der Waals surface area contributed by atoms with Crippen molar-refractivity contribution in [3.8, 4) is 6.07 Å². The lowest BCUT2D eigenvalue weighted by molar-refractivity contribution is -0.926. The van der Waals surface area contributed by atoms with Crippen LogP contribution in [0.5, 0.6) is 0 Å². The van der Waals surface area contributed by atoms with E-state index in [1.807, 2.05) is 37.3 Å². The number of para-hydroxylation sites is 2. The summed E-state index contributed by atoms with van der Waals surface area (Å²) in [5.41, 5.74) is 6.74. The number of imidazole rings is 1. The van der Waals surface area contributed by atoms with Crippen molar-refractivity contribution >= 4 is 34.1 Å². The maximum Gasteiger partial charge on any atom is 0.157 e. The zero-order valence-electron chi connectivity index (χ0n) is 20.2. The molecular formula is C30H27ClN5+. The molecule has 0 spiro atoms. The highest BCUT2D eigenvalue weighted by Gasteiger charge is 2.32. The van der Waals surface area contributed by atoms with Crippen molar-refractivity contribution in [2.24, 2.45) is 0 Å². The third-order valence-electron chi connectivity index (χ3n) is 7.35. The number of hydrogen-bond donors (Lipinski definition) is 1. The molecule has 1 atom stereocenters. The number of aryl methyl sites for hydroxylation is 1. The van der Waals surface area contributed by atoms with E-state index in [1.54, 1.807) is 0 Å². The van der Waals surface area contributed by atoms with Gasteiger partial charge in [-0.2, -0.15) is 5.26 Å². The molecule has 5 aromatic rings. The average molecular weight is 493 g/mol. The highest BCUT2D eigenvalue weighted by atomic mass is 35.5. The molecule has 2 aromatic heterocycles. The van der Waals surface area contributed by atoms with Crippen molar-refractivity contribution in [2.75, 3.05) is 31.1 Å². The van der Waals surface area contributed by atoms with Crippen molar-refractivity contribution in [1.29, 1.82) is 5.26 Å². The van der Waals surface area contributed by atoms with Crippen LogP contribution in [-0.4, -0.2) is 35.6 Å². The van der Waals surface area contributed by atoms with Gasteiger partial charge in [0.25, 0.3) is 0 Å². The molecule has 1 saturated heterocycles. The van der Waals surface area contributed by atoms with E-state index in [-0.39, 0.29) is 6.04 Å². The van der Waals surface area contributed by atoms with Gasteiger partial charge in [0.15, 0.2) is 5.65 Å². The Kier molecular flexibility index (Phi) is 5.85. The summed E-state index contributed by atoms with van der Waals surface area (Å²) in [7, 11) is 0. The van der Waals surface area contributed by atoms with E-state index in [2.05, 4.69) is 70.0 Å². The molecule has 1 aliphatic rings. The molecule has 0 aliphatic carbocycles. The number of fused-ring (bicyclic) bond motifs is 3. The fraction of sp³-hybridized carbons (Fsp3) is 0.200. The van der Waals surface area contributed by atoms with Crippen molar-refractivity contribution in [3.63, 3.8) is 0 Å². The molecule has 1 aliphatic heterocycles. The number of piperazine rings is 1. The van der Waals surface area contributed by atoms with E-state index >= 15 is 0 Å². The summed E-state index contributed by atoms with van der Waals surface area (Å²) < 4.78 is 2.16. The molecule has 0 radical (unpaired) electrons. The monoisotopic (exact) mass is 492 g/mol. The summed E-state index contributed by atoms with van der Waals surface area (Å²) in [6.07, 6.45) is 0. The van der Waals surface area contributed by atoms with Gasteiger partial charge in [0.2, 0.25) is 0 Å². The summed E-state index contributed by atoms with van der Waals surface area (Å²) in [5.74, 6) is 1.10. The number of benzene rings is 3. The van der Waals surface area contributed by atoms with E-state index < -0.39 is 0 Å². The molecule has 178 valence electrons. The first-order chi connectivity index (χ1) is 17.7. The number of nitriles is 1. The van der Waals surface area contributed by atoms with Crippen LogP contribution in [0.4, 0.5) is 5.82 Å². The summed E-state index contributed by atoms with van der Waals surface area (Å²) in [6.45, 7) is 5.74. The van der Waals surface area contributed by atoms with Crippen LogP contribution in [0.1, 0.15) is 28.3 Å². The molecular weight excluding hydrogens is 466 g/mol. The summed E-state index contributed by atoms with van der Waals surface area (Å²) in [6, 6.07) is 31.7. The van der Waals surface area contributed by atoms with Gasteiger partial charge in [-0.3, -0.25) is 4.40 Å². The van der Waals surface area contributed by atoms with Crippen molar-refractivity contribution in [1.82, 2.24) is 9.38 Å². The van der Waals surface area contributed by atoms with Crippen LogP contribution in [0.2, 0.25) is 5.02 Å². The Morgan fingerprint density at radius 3 is 2.39 bits per heavy atom. The Morgan fingerprint density at radius 1 is 0.944 bits per heavy atom. The topological polar surface area (TPSA) is 48.8 Å². The van der Waals surface area contributed by atoms with Crippen LogP contribution in [0.3, 0.4) is 0 Å². The highest BCUT2D eigenvalue weighted by Crippen LogP contribution is 2.30. The normalized spacial score (nSPS) is 15.3. The molecule has 6 rings (SSSR count). The van der Waals surface area contributed by atoms with Crippen LogP contribution in [0.15, 0.2) is 84.9 Å². The lowest BCUT2D eigenvalue weighted by Crippen LogP contribution is -3.15. The van der Waals surface area contributed by atoms with Crippen molar-refractivity contribution in [3.05, 3.63) is 112 Å². The number of hydrogen-bond acceptors (Lipinski definition) is 3. The number of nitrogens with one attached hydrogen (secondary N) is 1. The lowest BCUT2D eigenvalue weighted by Gasteiger charge is -2.38. The molecule has 1 fully saturated rings. The van der Waals surface area contributed by atoms with Gasteiger partial charge in [0.05, 0.1) is 47.8 Å². The van der Waals surface area contributed by atoms with Crippen LogP contribution in [0, 0.1) is 18.3 Å². The minimum absolute atomic E-state index is 0.179. The smallest absolute Gasteiger partial charge is 0.157 e.